The molecule has 0 aliphatic heterocycles. The molecule has 0 spiro atoms. The fourth-order valence-electron chi connectivity index (χ4n) is 3.52. The topological polar surface area (TPSA) is 116 Å². The second-order valence-corrected chi connectivity index (χ2v) is 9.34. The molecule has 0 saturated heterocycles. The van der Waals surface area contributed by atoms with Crippen molar-refractivity contribution in [3.05, 3.63) is 11.6 Å². The first kappa shape index (κ1) is 21.9. The van der Waals surface area contributed by atoms with Crippen LogP contribution in [0.25, 0.3) is 0 Å². The summed E-state index contributed by atoms with van der Waals surface area (Å²) < 4.78 is 15.5. The maximum absolute atomic E-state index is 12.3. The number of hydrogen-bond donors (Lipinski definition) is 1. The third-order valence-corrected chi connectivity index (χ3v) is 5.15. The number of fused-ring (bicyclic) bond motifs is 1. The Labute approximate surface area is 164 Å². The van der Waals surface area contributed by atoms with Crippen molar-refractivity contribution in [1.29, 1.82) is 0 Å². The number of carboxylic acids is 1. The van der Waals surface area contributed by atoms with Crippen LogP contribution in [0.3, 0.4) is 0 Å². The number of rotatable bonds is 5. The zero-order valence-corrected chi connectivity index (χ0v) is 17.3. The van der Waals surface area contributed by atoms with Crippen molar-refractivity contribution < 1.29 is 38.5 Å². The third kappa shape index (κ3) is 3.52. The summed E-state index contributed by atoms with van der Waals surface area (Å²) in [4.78, 5) is 48.8. The first-order valence-corrected chi connectivity index (χ1v) is 9.09. The van der Waals surface area contributed by atoms with E-state index in [1.54, 1.807) is 41.5 Å². The van der Waals surface area contributed by atoms with Gasteiger partial charge in [0.1, 0.15) is 18.1 Å². The molecule has 0 aromatic rings. The number of hydrogen-bond acceptors (Lipinski definition) is 7. The molecule has 2 aliphatic carbocycles. The molecule has 156 valence electrons. The Morgan fingerprint density at radius 3 is 2.00 bits per heavy atom. The lowest BCUT2D eigenvalue weighted by atomic mass is 9.94. The van der Waals surface area contributed by atoms with Gasteiger partial charge in [-0.05, 0) is 53.2 Å². The van der Waals surface area contributed by atoms with Crippen LogP contribution in [-0.4, -0.2) is 48.8 Å². The molecule has 0 aromatic heterocycles. The van der Waals surface area contributed by atoms with Crippen LogP contribution in [0.4, 0.5) is 0 Å². The zero-order valence-electron chi connectivity index (χ0n) is 17.3. The van der Waals surface area contributed by atoms with E-state index in [1.165, 1.54) is 13.2 Å². The van der Waals surface area contributed by atoms with Crippen LogP contribution < -0.4 is 0 Å². The van der Waals surface area contributed by atoms with Gasteiger partial charge in [0, 0.05) is 5.92 Å². The summed E-state index contributed by atoms with van der Waals surface area (Å²) in [5, 5.41) is 9.91. The third-order valence-electron chi connectivity index (χ3n) is 5.15. The highest BCUT2D eigenvalue weighted by molar-refractivity contribution is 5.96. The van der Waals surface area contributed by atoms with E-state index >= 15 is 0 Å². The van der Waals surface area contributed by atoms with Crippen molar-refractivity contribution in [2.75, 3.05) is 13.7 Å². The number of methoxy groups -OCH3 is 1. The van der Waals surface area contributed by atoms with E-state index in [2.05, 4.69) is 0 Å². The molecule has 2 rings (SSSR count). The van der Waals surface area contributed by atoms with Crippen LogP contribution >= 0.6 is 0 Å². The predicted molar refractivity (Wildman–Crippen MR) is 96.9 cm³/mol. The van der Waals surface area contributed by atoms with Gasteiger partial charge in [0.25, 0.3) is 0 Å². The quantitative estimate of drug-likeness (QED) is 0.426. The van der Waals surface area contributed by atoms with Gasteiger partial charge < -0.3 is 19.3 Å². The molecule has 8 nitrogen and oxygen atoms in total. The van der Waals surface area contributed by atoms with Gasteiger partial charge >= 0.3 is 23.9 Å². The van der Waals surface area contributed by atoms with Gasteiger partial charge in [0.2, 0.25) is 0 Å². The van der Waals surface area contributed by atoms with E-state index in [0.29, 0.717) is 0 Å². The molecule has 0 aromatic carbocycles. The Balaban J connectivity index is 2.35. The molecule has 2 aliphatic rings. The molecule has 1 saturated carbocycles. The zero-order chi connectivity index (χ0) is 21.7. The summed E-state index contributed by atoms with van der Waals surface area (Å²) >= 11 is 0. The summed E-state index contributed by atoms with van der Waals surface area (Å²) in [6, 6.07) is 0. The molecule has 28 heavy (non-hydrogen) atoms. The normalized spacial score (nSPS) is 28.7. The molecule has 1 N–H and O–H groups in total. The maximum atomic E-state index is 12.3. The molecule has 0 amide bonds. The van der Waals surface area contributed by atoms with Crippen LogP contribution in [-0.2, 0) is 33.4 Å². The second-order valence-electron chi connectivity index (χ2n) is 9.34. The fourth-order valence-corrected chi connectivity index (χ4v) is 3.52. The average Bonchev–Trinajstić information content (AvgIpc) is 3.16. The number of esters is 3. The maximum Gasteiger partial charge on any atom is 0.315 e. The van der Waals surface area contributed by atoms with E-state index in [4.69, 9.17) is 14.2 Å². The van der Waals surface area contributed by atoms with Gasteiger partial charge in [-0.2, -0.15) is 0 Å². The summed E-state index contributed by atoms with van der Waals surface area (Å²) in [6.45, 7) is 9.76. The van der Waals surface area contributed by atoms with Gasteiger partial charge in [0.15, 0.2) is 0 Å². The first-order valence-electron chi connectivity index (χ1n) is 9.09. The monoisotopic (exact) mass is 396 g/mol. The van der Waals surface area contributed by atoms with Crippen LogP contribution in [0, 0.1) is 28.1 Å². The van der Waals surface area contributed by atoms with Crippen molar-refractivity contribution in [3.8, 4) is 0 Å². The van der Waals surface area contributed by atoms with Gasteiger partial charge in [-0.1, -0.05) is 0 Å². The number of ether oxygens (including phenoxy) is 3. The molecule has 4 atom stereocenters. The first-order chi connectivity index (χ1) is 12.7. The second kappa shape index (κ2) is 6.90. The summed E-state index contributed by atoms with van der Waals surface area (Å²) in [5.74, 6) is -4.74. The van der Waals surface area contributed by atoms with Crippen LogP contribution in [0.5, 0.6) is 0 Å². The van der Waals surface area contributed by atoms with Gasteiger partial charge in [-0.3, -0.25) is 19.2 Å². The molecule has 8 heteroatoms. The van der Waals surface area contributed by atoms with Gasteiger partial charge in [0.05, 0.1) is 23.9 Å². The largest absolute Gasteiger partial charge is 0.481 e. The fraction of sp³-hybridized carbons (Fsp3) is 0.700. The Hall–Kier alpha value is -2.38. The molecule has 0 heterocycles. The standard InChI is InChI=1S/C20H28O8/c1-18(2,3)16(24)27-9-10-8-11(28-17(25)19(4,5)6)12-13(14(21)26-7)20(10,12)15(22)23/h8,11-13H,9H2,1-7H3,(H,22,23)/t11-,12-,13+,20+/m1/s1. The predicted octanol–water partition coefficient (Wildman–Crippen LogP) is 1.96. The van der Waals surface area contributed by atoms with Crippen molar-refractivity contribution in [1.82, 2.24) is 0 Å². The van der Waals surface area contributed by atoms with E-state index in [9.17, 15) is 24.3 Å². The van der Waals surface area contributed by atoms with Crippen molar-refractivity contribution in [2.45, 2.75) is 47.6 Å². The summed E-state index contributed by atoms with van der Waals surface area (Å²) in [6.07, 6.45) is 0.577. The lowest BCUT2D eigenvalue weighted by Gasteiger charge is -2.21. The van der Waals surface area contributed by atoms with Crippen LogP contribution in [0.15, 0.2) is 11.6 Å². The minimum Gasteiger partial charge on any atom is -0.481 e. The van der Waals surface area contributed by atoms with Gasteiger partial charge in [-0.15, -0.1) is 0 Å². The SMILES string of the molecule is COC(=O)[C@@H]1[C@H]2[C@H](OC(=O)C(C)(C)C)C=C(COC(=O)C(C)(C)C)[C@]21C(=O)O. The van der Waals surface area contributed by atoms with Gasteiger partial charge in [-0.25, -0.2) is 0 Å². The smallest absolute Gasteiger partial charge is 0.315 e. The Bertz CT molecular complexity index is 736. The van der Waals surface area contributed by atoms with E-state index in [1.807, 2.05) is 0 Å². The molecule has 0 radical (unpaired) electrons. The molecular weight excluding hydrogens is 368 g/mol. The van der Waals surface area contributed by atoms with Crippen LogP contribution in [0.1, 0.15) is 41.5 Å². The van der Waals surface area contributed by atoms with Crippen molar-refractivity contribution in [2.24, 2.45) is 28.1 Å². The molecular formula is C20H28O8. The highest BCUT2D eigenvalue weighted by atomic mass is 16.6. The van der Waals surface area contributed by atoms with Crippen molar-refractivity contribution >= 4 is 23.9 Å². The number of aliphatic carboxylic acids is 1. The van der Waals surface area contributed by atoms with Crippen LogP contribution in [0.2, 0.25) is 0 Å². The number of carboxylic acid groups (broad SMARTS) is 1. The number of carbonyl (C=O) groups excluding carboxylic acids is 3. The Morgan fingerprint density at radius 2 is 1.57 bits per heavy atom. The summed E-state index contributed by atoms with van der Waals surface area (Å²) in [5.41, 5.74) is -2.91. The molecule has 1 fully saturated rings. The Morgan fingerprint density at radius 1 is 1.04 bits per heavy atom. The van der Waals surface area contributed by atoms with E-state index in [-0.39, 0.29) is 12.2 Å². The van der Waals surface area contributed by atoms with E-state index < -0.39 is 58.1 Å². The number of carbonyl (C=O) groups is 4. The highest BCUT2D eigenvalue weighted by Gasteiger charge is 2.81. The summed E-state index contributed by atoms with van der Waals surface area (Å²) in [7, 11) is 1.17. The Kier molecular flexibility index (Phi) is 5.40. The highest BCUT2D eigenvalue weighted by Crippen LogP contribution is 2.69. The lowest BCUT2D eigenvalue weighted by molar-refractivity contribution is -0.158. The lowest BCUT2D eigenvalue weighted by Crippen LogP contribution is -2.29. The average molecular weight is 396 g/mol. The van der Waals surface area contributed by atoms with E-state index in [0.717, 1.165) is 0 Å². The minimum absolute atomic E-state index is 0.240. The van der Waals surface area contributed by atoms with Crippen molar-refractivity contribution in [3.63, 3.8) is 0 Å². The molecule has 0 unspecified atom stereocenters. The minimum atomic E-state index is -1.59. The molecule has 0 bridgehead atoms.